The van der Waals surface area contributed by atoms with E-state index in [0.29, 0.717) is 0 Å². The summed E-state index contributed by atoms with van der Waals surface area (Å²) in [5.41, 5.74) is 10.3. The van der Waals surface area contributed by atoms with Crippen LogP contribution in [0.3, 0.4) is 0 Å². The van der Waals surface area contributed by atoms with Gasteiger partial charge in [0.15, 0.2) is 0 Å². The summed E-state index contributed by atoms with van der Waals surface area (Å²) in [6.45, 7) is 30.1. The minimum atomic E-state index is 0.110. The molecule has 0 spiro atoms. The van der Waals surface area contributed by atoms with E-state index in [1.807, 2.05) is 27.7 Å². The third-order valence-corrected chi connectivity index (χ3v) is 6.30. The first kappa shape index (κ1) is 31.3. The molecule has 2 aromatic carbocycles. The molecular formula is C34H50N2. The molecule has 0 aliphatic rings. The lowest BCUT2D eigenvalue weighted by atomic mass is 9.81. The van der Waals surface area contributed by atoms with Crippen molar-refractivity contribution >= 4 is 21.8 Å². The number of pyridine rings is 2. The Hall–Kier alpha value is -2.74. The van der Waals surface area contributed by atoms with Crippen LogP contribution in [-0.2, 0) is 10.8 Å². The van der Waals surface area contributed by atoms with Crippen molar-refractivity contribution in [3.05, 3.63) is 82.2 Å². The molecule has 2 heterocycles. The lowest BCUT2D eigenvalue weighted by Crippen LogP contribution is -2.16. The Morgan fingerprint density at radius 2 is 0.944 bits per heavy atom. The largest absolute Gasteiger partial charge is 0.253 e. The van der Waals surface area contributed by atoms with Crippen molar-refractivity contribution in [1.29, 1.82) is 0 Å². The van der Waals surface area contributed by atoms with E-state index in [-0.39, 0.29) is 10.8 Å². The first-order chi connectivity index (χ1) is 16.8. The topological polar surface area (TPSA) is 25.8 Å². The summed E-state index contributed by atoms with van der Waals surface area (Å²) < 4.78 is 0. The van der Waals surface area contributed by atoms with Gasteiger partial charge in [-0.2, -0.15) is 0 Å². The van der Waals surface area contributed by atoms with Crippen molar-refractivity contribution in [1.82, 2.24) is 9.97 Å². The fraction of sp³-hybridized carbons (Fsp3) is 0.471. The van der Waals surface area contributed by atoms with Gasteiger partial charge >= 0.3 is 0 Å². The van der Waals surface area contributed by atoms with E-state index in [4.69, 9.17) is 4.98 Å². The fourth-order valence-corrected chi connectivity index (χ4v) is 4.60. The molecule has 0 radical (unpaired) electrons. The Labute approximate surface area is 221 Å². The molecule has 0 saturated carbocycles. The van der Waals surface area contributed by atoms with Crippen LogP contribution in [0.15, 0.2) is 48.5 Å². The predicted octanol–water partition coefficient (Wildman–Crippen LogP) is 10.4. The molecule has 0 aliphatic carbocycles. The van der Waals surface area contributed by atoms with Gasteiger partial charge in [0, 0.05) is 27.6 Å². The van der Waals surface area contributed by atoms with Crippen LogP contribution in [0, 0.1) is 27.7 Å². The quantitative estimate of drug-likeness (QED) is 0.247. The van der Waals surface area contributed by atoms with Crippen LogP contribution in [0.4, 0.5) is 0 Å². The Morgan fingerprint density at radius 3 is 1.42 bits per heavy atom. The van der Waals surface area contributed by atoms with Gasteiger partial charge in [0.1, 0.15) is 0 Å². The number of rotatable bonds is 0. The summed E-state index contributed by atoms with van der Waals surface area (Å²) in [6.07, 6.45) is 0. The van der Waals surface area contributed by atoms with E-state index < -0.39 is 0 Å². The van der Waals surface area contributed by atoms with Gasteiger partial charge in [0.2, 0.25) is 0 Å². The van der Waals surface area contributed by atoms with Gasteiger partial charge in [0.25, 0.3) is 0 Å². The van der Waals surface area contributed by atoms with Crippen molar-refractivity contribution in [2.24, 2.45) is 0 Å². The molecule has 0 amide bonds. The predicted molar refractivity (Wildman–Crippen MR) is 163 cm³/mol. The van der Waals surface area contributed by atoms with Crippen molar-refractivity contribution in [3.8, 4) is 0 Å². The van der Waals surface area contributed by atoms with Gasteiger partial charge in [-0.15, -0.1) is 0 Å². The van der Waals surface area contributed by atoms with Crippen LogP contribution < -0.4 is 0 Å². The van der Waals surface area contributed by atoms with Crippen LogP contribution in [0.2, 0.25) is 0 Å². The molecular weight excluding hydrogens is 436 g/mol. The highest BCUT2D eigenvalue weighted by Crippen LogP contribution is 2.33. The summed E-state index contributed by atoms with van der Waals surface area (Å²) in [5.74, 6) is 0. The zero-order chi connectivity index (χ0) is 27.8. The fourth-order valence-electron chi connectivity index (χ4n) is 4.60. The maximum atomic E-state index is 4.81. The summed E-state index contributed by atoms with van der Waals surface area (Å²) in [7, 11) is 0. The highest BCUT2D eigenvalue weighted by Gasteiger charge is 2.21. The van der Waals surface area contributed by atoms with Gasteiger partial charge in [-0.05, 0) is 67.5 Å². The molecule has 2 aromatic heterocycles. The first-order valence-electron chi connectivity index (χ1n) is 13.5. The van der Waals surface area contributed by atoms with Crippen LogP contribution in [0.1, 0.15) is 103 Å². The number of fused-ring (bicyclic) bond motifs is 2. The second-order valence-electron chi connectivity index (χ2n) is 10.9. The van der Waals surface area contributed by atoms with Crippen molar-refractivity contribution in [2.75, 3.05) is 0 Å². The highest BCUT2D eigenvalue weighted by atomic mass is 14.7. The minimum Gasteiger partial charge on any atom is -0.253 e. The van der Waals surface area contributed by atoms with E-state index in [0.717, 1.165) is 16.7 Å². The second-order valence-corrected chi connectivity index (χ2v) is 10.9. The maximum absolute atomic E-state index is 4.81. The first-order valence-corrected chi connectivity index (χ1v) is 13.5. The van der Waals surface area contributed by atoms with Crippen LogP contribution in [0.25, 0.3) is 21.8 Å². The molecule has 196 valence electrons. The molecule has 0 unspecified atom stereocenters. The monoisotopic (exact) mass is 486 g/mol. The molecule has 0 aliphatic heterocycles. The number of para-hydroxylation sites is 2. The van der Waals surface area contributed by atoms with E-state index in [9.17, 15) is 0 Å². The average molecular weight is 487 g/mol. The van der Waals surface area contributed by atoms with Gasteiger partial charge in [-0.3, -0.25) is 9.97 Å². The number of benzene rings is 2. The van der Waals surface area contributed by atoms with Crippen molar-refractivity contribution < 1.29 is 0 Å². The third-order valence-electron chi connectivity index (χ3n) is 6.30. The lowest BCUT2D eigenvalue weighted by Gasteiger charge is -2.24. The number of hydrogen-bond donors (Lipinski definition) is 0. The third kappa shape index (κ3) is 7.15. The summed E-state index contributed by atoms with van der Waals surface area (Å²) in [5, 5.41) is 2.56. The lowest BCUT2D eigenvalue weighted by molar-refractivity contribution is 0.566. The SMILES string of the molecule is CC.CC.Cc1c(C(C)(C)C)nc2ccccc2c1C.Cc1nc2ccccc2c(C(C)(C)C)c1C. The molecule has 2 nitrogen and oxygen atoms in total. The van der Waals surface area contributed by atoms with E-state index in [2.05, 4.69) is 123 Å². The normalized spacial score (nSPS) is 11.1. The molecule has 0 N–H and O–H groups in total. The van der Waals surface area contributed by atoms with E-state index in [1.165, 1.54) is 38.7 Å². The summed E-state index contributed by atoms with van der Waals surface area (Å²) in [4.78, 5) is 9.46. The molecule has 0 fully saturated rings. The molecule has 0 atom stereocenters. The van der Waals surface area contributed by atoms with Crippen LogP contribution in [0.5, 0.6) is 0 Å². The molecule has 4 rings (SSSR count). The Balaban J connectivity index is 0.000000317. The van der Waals surface area contributed by atoms with Gasteiger partial charge in [-0.1, -0.05) is 106 Å². The number of hydrogen-bond acceptors (Lipinski definition) is 2. The zero-order valence-corrected chi connectivity index (χ0v) is 25.5. The van der Waals surface area contributed by atoms with Crippen molar-refractivity contribution in [3.63, 3.8) is 0 Å². The standard InChI is InChI=1S/2C15H19N.2C2H6/c1-10-11(2)16-13-9-7-6-8-12(13)14(10)15(3,4)5;1-10-11(2)14(15(3,4)5)16-13-9-7-6-8-12(10)13;2*1-2/h2*6-9H,1-5H3;2*1-2H3. The number of aryl methyl sites for hydroxylation is 2. The van der Waals surface area contributed by atoms with Gasteiger partial charge < -0.3 is 0 Å². The minimum absolute atomic E-state index is 0.110. The second kappa shape index (κ2) is 13.0. The number of nitrogens with zero attached hydrogens (tertiary/aromatic N) is 2. The molecule has 0 bridgehead atoms. The van der Waals surface area contributed by atoms with E-state index >= 15 is 0 Å². The number of aromatic nitrogens is 2. The average Bonchev–Trinajstić information content (AvgIpc) is 2.83. The smallest absolute Gasteiger partial charge is 0.0708 e. The Kier molecular flexibility index (Phi) is 11.3. The van der Waals surface area contributed by atoms with Crippen molar-refractivity contribution in [2.45, 2.75) is 108 Å². The molecule has 2 heteroatoms. The maximum Gasteiger partial charge on any atom is 0.0708 e. The summed E-state index contributed by atoms with van der Waals surface area (Å²) >= 11 is 0. The molecule has 4 aromatic rings. The zero-order valence-electron chi connectivity index (χ0n) is 25.5. The summed E-state index contributed by atoms with van der Waals surface area (Å²) in [6, 6.07) is 16.8. The highest BCUT2D eigenvalue weighted by molar-refractivity contribution is 5.85. The van der Waals surface area contributed by atoms with E-state index in [1.54, 1.807) is 0 Å². The van der Waals surface area contributed by atoms with Crippen LogP contribution in [-0.4, -0.2) is 9.97 Å². The molecule has 0 saturated heterocycles. The Bertz CT molecular complexity index is 1260. The van der Waals surface area contributed by atoms with Gasteiger partial charge in [-0.25, -0.2) is 0 Å². The van der Waals surface area contributed by atoms with Crippen LogP contribution >= 0.6 is 0 Å². The molecule has 36 heavy (non-hydrogen) atoms. The Morgan fingerprint density at radius 1 is 0.500 bits per heavy atom. The van der Waals surface area contributed by atoms with Gasteiger partial charge in [0.05, 0.1) is 11.0 Å².